The summed E-state index contributed by atoms with van der Waals surface area (Å²) in [5.41, 5.74) is 0.895. The first-order chi connectivity index (χ1) is 4.83. The Hall–Kier alpha value is -0.670. The van der Waals surface area contributed by atoms with E-state index in [9.17, 15) is 0 Å². The molecule has 4 heteroatoms. The van der Waals surface area contributed by atoms with Gasteiger partial charge in [0.25, 0.3) is 0 Å². The Kier molecular flexibility index (Phi) is 2.59. The molecule has 0 aromatic carbocycles. The third-order valence-corrected chi connectivity index (χ3v) is 1.23. The fourth-order valence-electron chi connectivity index (χ4n) is 0.611. The van der Waals surface area contributed by atoms with E-state index in [0.717, 1.165) is 12.2 Å². The molecule has 0 fully saturated rings. The summed E-state index contributed by atoms with van der Waals surface area (Å²) in [5.74, 6) is 0. The molecule has 3 nitrogen and oxygen atoms in total. The first-order valence-corrected chi connectivity index (χ1v) is 3.32. The van der Waals surface area contributed by atoms with Gasteiger partial charge in [0, 0.05) is 6.54 Å². The molecule has 1 N–H and O–H groups in total. The Morgan fingerprint density at radius 1 is 1.50 bits per heavy atom. The Morgan fingerprint density at radius 2 is 2.30 bits per heavy atom. The summed E-state index contributed by atoms with van der Waals surface area (Å²) in [6.45, 7) is 0.726. The van der Waals surface area contributed by atoms with Gasteiger partial charge < -0.3 is 5.32 Å². The maximum atomic E-state index is 5.52. The van der Waals surface area contributed by atoms with Gasteiger partial charge in [-0.05, 0) is 7.05 Å². The maximum absolute atomic E-state index is 5.52. The largest absolute Gasteiger partial charge is 0.314 e. The van der Waals surface area contributed by atoms with Gasteiger partial charge in [-0.15, -0.1) is 0 Å². The molecule has 1 aromatic heterocycles. The highest BCUT2D eigenvalue weighted by Gasteiger charge is 1.91. The molecule has 0 bridgehead atoms. The van der Waals surface area contributed by atoms with Gasteiger partial charge in [0.15, 0.2) is 0 Å². The molecule has 0 spiro atoms. The molecule has 0 saturated carbocycles. The second-order valence-electron chi connectivity index (χ2n) is 1.86. The molecule has 1 heterocycles. The zero-order valence-electron chi connectivity index (χ0n) is 5.63. The van der Waals surface area contributed by atoms with Crippen molar-refractivity contribution in [2.45, 2.75) is 6.54 Å². The number of nitrogens with one attached hydrogen (secondary N) is 1. The molecule has 1 rings (SSSR count). The highest BCUT2D eigenvalue weighted by Crippen LogP contribution is 2.00. The van der Waals surface area contributed by atoms with Gasteiger partial charge in [-0.25, -0.2) is 4.98 Å². The summed E-state index contributed by atoms with van der Waals surface area (Å²) in [6.07, 6.45) is 3.19. The lowest BCUT2D eigenvalue weighted by Gasteiger charge is -1.95. The minimum atomic E-state index is 0.430. The molecule has 10 heavy (non-hydrogen) atoms. The molecular weight excluding hydrogens is 150 g/mol. The van der Waals surface area contributed by atoms with Crippen LogP contribution >= 0.6 is 11.6 Å². The van der Waals surface area contributed by atoms with Gasteiger partial charge in [0.05, 0.1) is 18.1 Å². The van der Waals surface area contributed by atoms with E-state index in [4.69, 9.17) is 11.6 Å². The Morgan fingerprint density at radius 3 is 2.80 bits per heavy atom. The van der Waals surface area contributed by atoms with Crippen molar-refractivity contribution in [2.24, 2.45) is 0 Å². The predicted octanol–water partition coefficient (Wildman–Crippen LogP) is 0.849. The molecule has 0 radical (unpaired) electrons. The molecule has 0 unspecified atom stereocenters. The number of halogens is 1. The van der Waals surface area contributed by atoms with Crippen LogP contribution in [0.1, 0.15) is 5.69 Å². The zero-order valence-corrected chi connectivity index (χ0v) is 6.39. The van der Waals surface area contributed by atoms with Gasteiger partial charge in [-0.2, -0.15) is 0 Å². The second-order valence-corrected chi connectivity index (χ2v) is 2.25. The highest BCUT2D eigenvalue weighted by molar-refractivity contribution is 6.29. The Labute approximate surface area is 64.5 Å². The summed E-state index contributed by atoms with van der Waals surface area (Å²) < 4.78 is 0. The molecule has 0 amide bonds. The van der Waals surface area contributed by atoms with Crippen molar-refractivity contribution in [1.29, 1.82) is 0 Å². The van der Waals surface area contributed by atoms with E-state index in [1.807, 2.05) is 7.05 Å². The summed E-state index contributed by atoms with van der Waals surface area (Å²) in [5, 5.41) is 3.39. The van der Waals surface area contributed by atoms with Crippen molar-refractivity contribution in [3.05, 3.63) is 23.2 Å². The van der Waals surface area contributed by atoms with E-state index in [-0.39, 0.29) is 0 Å². The average Bonchev–Trinajstić information content (AvgIpc) is 1.95. The van der Waals surface area contributed by atoms with Crippen molar-refractivity contribution in [3.63, 3.8) is 0 Å². The topological polar surface area (TPSA) is 37.8 Å². The van der Waals surface area contributed by atoms with Crippen LogP contribution in [-0.4, -0.2) is 17.0 Å². The maximum Gasteiger partial charge on any atom is 0.147 e. The fraction of sp³-hybridized carbons (Fsp3) is 0.333. The number of hydrogen-bond acceptors (Lipinski definition) is 3. The van der Waals surface area contributed by atoms with Crippen LogP contribution in [-0.2, 0) is 6.54 Å². The SMILES string of the molecule is CNCc1cnc(Cl)cn1. The van der Waals surface area contributed by atoms with Crippen LogP contribution in [0.4, 0.5) is 0 Å². The van der Waals surface area contributed by atoms with Crippen LogP contribution < -0.4 is 5.32 Å². The Bertz CT molecular complexity index is 197. The number of hydrogen-bond donors (Lipinski definition) is 1. The van der Waals surface area contributed by atoms with E-state index in [2.05, 4.69) is 15.3 Å². The molecule has 0 aliphatic rings. The third kappa shape index (κ3) is 1.93. The molecular formula is C6H8ClN3. The first kappa shape index (κ1) is 7.44. The zero-order chi connectivity index (χ0) is 7.40. The van der Waals surface area contributed by atoms with E-state index in [0.29, 0.717) is 5.15 Å². The normalized spacial score (nSPS) is 9.80. The summed E-state index contributed by atoms with van der Waals surface area (Å²) in [6, 6.07) is 0. The molecule has 0 aliphatic heterocycles. The van der Waals surface area contributed by atoms with Crippen molar-refractivity contribution in [1.82, 2.24) is 15.3 Å². The third-order valence-electron chi connectivity index (χ3n) is 1.03. The molecule has 0 aliphatic carbocycles. The van der Waals surface area contributed by atoms with Gasteiger partial charge in [-0.1, -0.05) is 11.6 Å². The standard InChI is InChI=1S/C6H8ClN3/c1-8-2-5-3-10-6(7)4-9-5/h3-4,8H,2H2,1H3. The summed E-state index contributed by atoms with van der Waals surface area (Å²) in [4.78, 5) is 7.87. The van der Waals surface area contributed by atoms with Crippen molar-refractivity contribution < 1.29 is 0 Å². The van der Waals surface area contributed by atoms with Crippen LogP contribution in [0, 0.1) is 0 Å². The van der Waals surface area contributed by atoms with Gasteiger partial charge >= 0.3 is 0 Å². The van der Waals surface area contributed by atoms with E-state index in [1.165, 1.54) is 6.20 Å². The molecule has 0 saturated heterocycles. The minimum absolute atomic E-state index is 0.430. The highest BCUT2D eigenvalue weighted by atomic mass is 35.5. The lowest BCUT2D eigenvalue weighted by Crippen LogP contribution is -2.06. The van der Waals surface area contributed by atoms with Gasteiger partial charge in [0.2, 0.25) is 0 Å². The van der Waals surface area contributed by atoms with Crippen molar-refractivity contribution >= 4 is 11.6 Å². The first-order valence-electron chi connectivity index (χ1n) is 2.94. The van der Waals surface area contributed by atoms with Crippen LogP contribution in [0.15, 0.2) is 12.4 Å². The van der Waals surface area contributed by atoms with E-state index < -0.39 is 0 Å². The van der Waals surface area contributed by atoms with E-state index >= 15 is 0 Å². The molecule has 1 aromatic rings. The van der Waals surface area contributed by atoms with Gasteiger partial charge in [-0.3, -0.25) is 4.98 Å². The van der Waals surface area contributed by atoms with Gasteiger partial charge in [0.1, 0.15) is 5.15 Å². The van der Waals surface area contributed by atoms with Crippen LogP contribution in [0.2, 0.25) is 5.15 Å². The minimum Gasteiger partial charge on any atom is -0.314 e. The lowest BCUT2D eigenvalue weighted by molar-refractivity contribution is 0.784. The fourth-order valence-corrected chi connectivity index (χ4v) is 0.709. The number of rotatable bonds is 2. The summed E-state index contributed by atoms with van der Waals surface area (Å²) >= 11 is 5.52. The number of aromatic nitrogens is 2. The van der Waals surface area contributed by atoms with E-state index in [1.54, 1.807) is 6.20 Å². The van der Waals surface area contributed by atoms with Crippen LogP contribution in [0.5, 0.6) is 0 Å². The quantitative estimate of drug-likeness (QED) is 0.692. The Balaban J connectivity index is 2.69. The monoisotopic (exact) mass is 157 g/mol. The smallest absolute Gasteiger partial charge is 0.147 e. The van der Waals surface area contributed by atoms with Crippen molar-refractivity contribution in [2.75, 3.05) is 7.05 Å². The summed E-state index contributed by atoms with van der Waals surface area (Å²) in [7, 11) is 1.86. The van der Waals surface area contributed by atoms with Crippen LogP contribution in [0.25, 0.3) is 0 Å². The van der Waals surface area contributed by atoms with Crippen molar-refractivity contribution in [3.8, 4) is 0 Å². The average molecular weight is 158 g/mol. The number of nitrogens with zero attached hydrogens (tertiary/aromatic N) is 2. The van der Waals surface area contributed by atoms with Crippen LogP contribution in [0.3, 0.4) is 0 Å². The predicted molar refractivity (Wildman–Crippen MR) is 39.8 cm³/mol. The molecule has 54 valence electrons. The second kappa shape index (κ2) is 3.49. The molecule has 0 atom stereocenters. The lowest BCUT2D eigenvalue weighted by atomic mass is 10.4.